The van der Waals surface area contributed by atoms with Gasteiger partial charge in [-0.25, -0.2) is 8.42 Å². The van der Waals surface area contributed by atoms with Gasteiger partial charge in [-0.1, -0.05) is 36.4 Å². The molecule has 8 heteroatoms. The van der Waals surface area contributed by atoms with Gasteiger partial charge in [-0.3, -0.25) is 9.59 Å². The highest BCUT2D eigenvalue weighted by atomic mass is 32.2. The van der Waals surface area contributed by atoms with Gasteiger partial charge in [0.2, 0.25) is 15.9 Å². The van der Waals surface area contributed by atoms with E-state index in [0.717, 1.165) is 22.1 Å². The molecule has 1 aliphatic rings. The number of ether oxygens (including phenoxy) is 1. The van der Waals surface area contributed by atoms with Crippen molar-refractivity contribution in [1.82, 2.24) is 9.21 Å². The Morgan fingerprint density at radius 3 is 2.26 bits per heavy atom. The van der Waals surface area contributed by atoms with Crippen molar-refractivity contribution in [2.24, 2.45) is 0 Å². The highest BCUT2D eigenvalue weighted by Crippen LogP contribution is 2.27. The molecule has 178 valence electrons. The normalized spacial score (nSPS) is 15.8. The number of carbonyl (C=O) groups excluding carboxylic acids is 2. The summed E-state index contributed by atoms with van der Waals surface area (Å²) in [5.41, 5.74) is 1.27. The van der Waals surface area contributed by atoms with Crippen LogP contribution >= 0.6 is 0 Å². The highest BCUT2D eigenvalue weighted by molar-refractivity contribution is 7.89. The lowest BCUT2D eigenvalue weighted by atomic mass is 9.96. The van der Waals surface area contributed by atoms with Crippen molar-refractivity contribution in [3.8, 4) is 5.75 Å². The summed E-state index contributed by atoms with van der Waals surface area (Å²) in [6.45, 7) is 4.34. The van der Waals surface area contributed by atoms with E-state index in [2.05, 4.69) is 0 Å². The summed E-state index contributed by atoms with van der Waals surface area (Å²) in [5.74, 6) is 0.227. The summed E-state index contributed by atoms with van der Waals surface area (Å²) >= 11 is 0. The molecule has 0 aromatic heterocycles. The molecule has 0 spiro atoms. The Kier molecular flexibility index (Phi) is 6.72. The van der Waals surface area contributed by atoms with Crippen molar-refractivity contribution in [2.75, 3.05) is 33.3 Å². The first-order valence-corrected chi connectivity index (χ1v) is 12.6. The Morgan fingerprint density at radius 2 is 1.59 bits per heavy atom. The quantitative estimate of drug-likeness (QED) is 0.503. The molecule has 1 heterocycles. The molecule has 1 atom stereocenters. The fourth-order valence-corrected chi connectivity index (χ4v) is 5.70. The predicted molar refractivity (Wildman–Crippen MR) is 131 cm³/mol. The Bertz CT molecular complexity index is 1340. The van der Waals surface area contributed by atoms with Gasteiger partial charge < -0.3 is 9.64 Å². The van der Waals surface area contributed by atoms with Crippen LogP contribution in [0.25, 0.3) is 10.8 Å². The third kappa shape index (κ3) is 4.69. The van der Waals surface area contributed by atoms with Gasteiger partial charge in [-0.15, -0.1) is 0 Å². The third-order valence-corrected chi connectivity index (χ3v) is 8.27. The van der Waals surface area contributed by atoms with Crippen molar-refractivity contribution in [1.29, 1.82) is 0 Å². The lowest BCUT2D eigenvalue weighted by Crippen LogP contribution is -2.51. The average molecular weight is 481 g/mol. The SMILES string of the molecule is COc1ccc2cc([C@H](C)C(=O)N3CCN(S(=O)(=O)c4cccc(C(C)=O)c4)CC3)ccc2c1. The molecule has 1 saturated heterocycles. The Morgan fingerprint density at radius 1 is 0.912 bits per heavy atom. The molecule has 0 aliphatic carbocycles. The minimum Gasteiger partial charge on any atom is -0.497 e. The smallest absolute Gasteiger partial charge is 0.243 e. The van der Waals surface area contributed by atoms with Crippen LogP contribution in [0.2, 0.25) is 0 Å². The molecular weight excluding hydrogens is 452 g/mol. The zero-order valence-electron chi connectivity index (χ0n) is 19.5. The molecule has 1 aliphatic heterocycles. The molecule has 4 rings (SSSR count). The van der Waals surface area contributed by atoms with Gasteiger partial charge in [0, 0.05) is 31.7 Å². The van der Waals surface area contributed by atoms with E-state index in [9.17, 15) is 18.0 Å². The van der Waals surface area contributed by atoms with Gasteiger partial charge in [0.05, 0.1) is 17.9 Å². The van der Waals surface area contributed by atoms with E-state index in [1.165, 1.54) is 23.4 Å². The van der Waals surface area contributed by atoms with Crippen molar-refractivity contribution >= 4 is 32.5 Å². The first-order chi connectivity index (χ1) is 16.2. The van der Waals surface area contributed by atoms with Crippen molar-refractivity contribution in [3.63, 3.8) is 0 Å². The van der Waals surface area contributed by atoms with Gasteiger partial charge in [0.25, 0.3) is 0 Å². The first-order valence-electron chi connectivity index (χ1n) is 11.2. The Hall–Kier alpha value is -3.23. The molecule has 0 radical (unpaired) electrons. The van der Waals surface area contributed by atoms with Gasteiger partial charge >= 0.3 is 0 Å². The van der Waals surface area contributed by atoms with Crippen LogP contribution in [-0.2, 0) is 14.8 Å². The average Bonchev–Trinajstić information content (AvgIpc) is 2.87. The molecular formula is C26H28N2O5S. The topological polar surface area (TPSA) is 84.0 Å². The van der Waals surface area contributed by atoms with Crippen molar-refractivity contribution in [2.45, 2.75) is 24.7 Å². The van der Waals surface area contributed by atoms with E-state index in [1.54, 1.807) is 24.1 Å². The number of rotatable bonds is 6. The lowest BCUT2D eigenvalue weighted by molar-refractivity contribution is -0.133. The van der Waals surface area contributed by atoms with Crippen LogP contribution in [0.1, 0.15) is 35.7 Å². The molecule has 0 bridgehead atoms. The molecule has 34 heavy (non-hydrogen) atoms. The van der Waals surface area contributed by atoms with E-state index in [0.29, 0.717) is 18.7 Å². The molecule has 1 amide bonds. The molecule has 0 saturated carbocycles. The standard InChI is InChI=1S/C26H28N2O5S/c1-18(20-7-8-23-16-24(33-3)10-9-22(23)15-20)26(30)27-11-13-28(14-12-27)34(31,32)25-6-4-5-21(17-25)19(2)29/h4-10,15-18H,11-14H2,1-3H3/t18-/m0/s1. The summed E-state index contributed by atoms with van der Waals surface area (Å²) in [6.07, 6.45) is 0. The maximum Gasteiger partial charge on any atom is 0.243 e. The number of carbonyl (C=O) groups is 2. The van der Waals surface area contributed by atoms with Crippen LogP contribution < -0.4 is 4.74 Å². The molecule has 3 aromatic rings. The van der Waals surface area contributed by atoms with Gasteiger partial charge in [0.1, 0.15) is 5.75 Å². The van der Waals surface area contributed by atoms with Gasteiger partial charge in [-0.05, 0) is 54.4 Å². The summed E-state index contributed by atoms with van der Waals surface area (Å²) in [5, 5.41) is 2.07. The van der Waals surface area contributed by atoms with Gasteiger partial charge in [0.15, 0.2) is 5.78 Å². The van der Waals surface area contributed by atoms with Crippen LogP contribution in [0, 0.1) is 0 Å². The maximum absolute atomic E-state index is 13.2. The lowest BCUT2D eigenvalue weighted by Gasteiger charge is -2.35. The molecule has 3 aromatic carbocycles. The second kappa shape index (κ2) is 9.56. The Labute approximate surface area is 200 Å². The number of nitrogens with zero attached hydrogens (tertiary/aromatic N) is 2. The summed E-state index contributed by atoms with van der Waals surface area (Å²) in [7, 11) is -2.11. The fraction of sp³-hybridized carbons (Fsp3) is 0.308. The number of fused-ring (bicyclic) bond motifs is 1. The Balaban J connectivity index is 1.44. The van der Waals surface area contributed by atoms with Crippen molar-refractivity contribution in [3.05, 3.63) is 71.8 Å². The number of methoxy groups -OCH3 is 1. The number of Topliss-reactive ketones (excluding diaryl/α,β-unsaturated/α-hetero) is 1. The van der Waals surface area contributed by atoms with E-state index in [1.807, 2.05) is 43.3 Å². The predicted octanol–water partition coefficient (Wildman–Crippen LogP) is 3.69. The summed E-state index contributed by atoms with van der Waals surface area (Å²) in [6, 6.07) is 17.8. The van der Waals surface area contributed by atoms with E-state index < -0.39 is 10.0 Å². The highest BCUT2D eigenvalue weighted by Gasteiger charge is 2.32. The first kappa shape index (κ1) is 23.9. The second-order valence-corrected chi connectivity index (χ2v) is 10.4. The molecule has 0 N–H and O–H groups in total. The van der Waals surface area contributed by atoms with E-state index >= 15 is 0 Å². The van der Waals surface area contributed by atoms with Crippen LogP contribution in [0.5, 0.6) is 5.75 Å². The number of amides is 1. The third-order valence-electron chi connectivity index (χ3n) is 6.37. The van der Waals surface area contributed by atoms with Crippen molar-refractivity contribution < 1.29 is 22.7 Å². The fourth-order valence-electron chi connectivity index (χ4n) is 4.23. The summed E-state index contributed by atoms with van der Waals surface area (Å²) in [4.78, 5) is 26.6. The number of hydrogen-bond acceptors (Lipinski definition) is 5. The van der Waals surface area contributed by atoms with E-state index in [-0.39, 0.29) is 35.6 Å². The van der Waals surface area contributed by atoms with Crippen LogP contribution in [0.4, 0.5) is 0 Å². The number of benzene rings is 3. The monoisotopic (exact) mass is 480 g/mol. The number of hydrogen-bond donors (Lipinski definition) is 0. The zero-order chi connectivity index (χ0) is 24.5. The number of piperazine rings is 1. The molecule has 1 fully saturated rings. The second-order valence-electron chi connectivity index (χ2n) is 8.51. The van der Waals surface area contributed by atoms with Crippen LogP contribution in [0.15, 0.2) is 65.6 Å². The minimum atomic E-state index is -3.74. The molecule has 0 unspecified atom stereocenters. The van der Waals surface area contributed by atoms with Crippen LogP contribution in [0.3, 0.4) is 0 Å². The number of sulfonamides is 1. The summed E-state index contributed by atoms with van der Waals surface area (Å²) < 4.78 is 32.8. The van der Waals surface area contributed by atoms with Crippen LogP contribution in [-0.4, -0.2) is 62.6 Å². The van der Waals surface area contributed by atoms with Gasteiger partial charge in [-0.2, -0.15) is 4.31 Å². The van der Waals surface area contributed by atoms with E-state index in [4.69, 9.17) is 4.74 Å². The zero-order valence-corrected chi connectivity index (χ0v) is 20.3. The maximum atomic E-state index is 13.2. The largest absolute Gasteiger partial charge is 0.497 e. The minimum absolute atomic E-state index is 0.0245. The molecule has 7 nitrogen and oxygen atoms in total. The number of ketones is 1.